The number of rotatable bonds is 8. The molecule has 0 spiro atoms. The number of guanidine groups is 1. The quantitative estimate of drug-likeness (QED) is 0.485. The smallest absolute Gasteiger partial charge is 0.242 e. The highest BCUT2D eigenvalue weighted by molar-refractivity contribution is 5.85. The Morgan fingerprint density at radius 3 is 2.42 bits per heavy atom. The van der Waals surface area contributed by atoms with E-state index in [0.29, 0.717) is 12.5 Å². The summed E-state index contributed by atoms with van der Waals surface area (Å²) in [4.78, 5) is 18.3. The number of hydrogen-bond acceptors (Lipinski definition) is 3. The molecule has 26 heavy (non-hydrogen) atoms. The van der Waals surface area contributed by atoms with Gasteiger partial charge in [-0.15, -0.1) is 0 Å². The Kier molecular flexibility index (Phi) is 9.05. The van der Waals surface area contributed by atoms with E-state index in [4.69, 9.17) is 0 Å². The normalized spacial score (nSPS) is 12.2. The van der Waals surface area contributed by atoms with E-state index in [1.165, 1.54) is 12.1 Å². The highest BCUT2D eigenvalue weighted by atomic mass is 19.1. The molecule has 1 rings (SSSR count). The van der Waals surface area contributed by atoms with Crippen molar-refractivity contribution >= 4 is 11.9 Å². The maximum absolute atomic E-state index is 12.9. The van der Waals surface area contributed by atoms with E-state index in [1.54, 1.807) is 12.1 Å². The lowest BCUT2D eigenvalue weighted by Gasteiger charge is -2.20. The van der Waals surface area contributed by atoms with Crippen molar-refractivity contribution in [2.75, 3.05) is 33.2 Å². The van der Waals surface area contributed by atoms with Crippen molar-refractivity contribution in [3.63, 3.8) is 0 Å². The fraction of sp³-hybridized carbons (Fsp3) is 0.579. The third-order valence-corrected chi connectivity index (χ3v) is 3.39. The minimum atomic E-state index is -0.262. The summed E-state index contributed by atoms with van der Waals surface area (Å²) in [6.07, 6.45) is 0. The molecule has 0 aromatic heterocycles. The van der Waals surface area contributed by atoms with Crippen LogP contribution in [0.4, 0.5) is 4.39 Å². The molecule has 0 saturated carbocycles. The second-order valence-corrected chi connectivity index (χ2v) is 7.28. The van der Waals surface area contributed by atoms with Crippen molar-refractivity contribution in [2.45, 2.75) is 39.8 Å². The summed E-state index contributed by atoms with van der Waals surface area (Å²) in [5, 5.41) is 9.24. The van der Waals surface area contributed by atoms with Crippen molar-refractivity contribution in [3.8, 4) is 0 Å². The molecule has 0 unspecified atom stereocenters. The summed E-state index contributed by atoms with van der Waals surface area (Å²) < 4.78 is 12.9. The molecule has 6 nitrogen and oxygen atoms in total. The summed E-state index contributed by atoms with van der Waals surface area (Å²) in [6.45, 7) is 10.8. The number of carbonyl (C=O) groups excluding carboxylic acids is 1. The van der Waals surface area contributed by atoms with Crippen LogP contribution in [0, 0.1) is 5.82 Å². The van der Waals surface area contributed by atoms with Gasteiger partial charge in [0.25, 0.3) is 0 Å². The first kappa shape index (κ1) is 21.9. The molecule has 0 heterocycles. The highest BCUT2D eigenvalue weighted by Gasteiger charge is 2.13. The second kappa shape index (κ2) is 10.8. The zero-order valence-electron chi connectivity index (χ0n) is 16.5. The Morgan fingerprint density at radius 2 is 1.85 bits per heavy atom. The number of halogens is 1. The number of hydrogen-bond donors (Lipinski definition) is 3. The summed E-state index contributed by atoms with van der Waals surface area (Å²) in [5.74, 6) is 0.287. The largest absolute Gasteiger partial charge is 0.357 e. The topological polar surface area (TPSA) is 68.8 Å². The zero-order chi connectivity index (χ0) is 19.6. The number of nitrogens with one attached hydrogen (secondary N) is 3. The third-order valence-electron chi connectivity index (χ3n) is 3.39. The highest BCUT2D eigenvalue weighted by Crippen LogP contribution is 2.05. The van der Waals surface area contributed by atoms with Crippen molar-refractivity contribution < 1.29 is 9.18 Å². The molecule has 0 atom stereocenters. The van der Waals surface area contributed by atoms with Crippen LogP contribution in [0.25, 0.3) is 0 Å². The first-order chi connectivity index (χ1) is 12.2. The van der Waals surface area contributed by atoms with Crippen molar-refractivity contribution in [1.29, 1.82) is 0 Å². The van der Waals surface area contributed by atoms with E-state index in [1.807, 2.05) is 34.7 Å². The van der Waals surface area contributed by atoms with Crippen molar-refractivity contribution in [2.24, 2.45) is 4.99 Å². The summed E-state index contributed by atoms with van der Waals surface area (Å²) >= 11 is 0. The van der Waals surface area contributed by atoms with Gasteiger partial charge in [0, 0.05) is 31.7 Å². The molecule has 0 saturated heterocycles. The maximum Gasteiger partial charge on any atom is 0.242 e. The van der Waals surface area contributed by atoms with Crippen LogP contribution in [-0.2, 0) is 11.3 Å². The van der Waals surface area contributed by atoms with Gasteiger partial charge >= 0.3 is 0 Å². The number of benzene rings is 1. The summed E-state index contributed by atoms with van der Waals surface area (Å²) in [6, 6.07) is 6.53. The molecule has 3 N–H and O–H groups in total. The fourth-order valence-electron chi connectivity index (χ4n) is 2.30. The molecule has 0 aliphatic heterocycles. The van der Waals surface area contributed by atoms with Crippen LogP contribution in [0.2, 0.25) is 0 Å². The predicted octanol–water partition coefficient (Wildman–Crippen LogP) is 1.73. The predicted molar refractivity (Wildman–Crippen MR) is 105 cm³/mol. The molecular weight excluding hydrogens is 333 g/mol. The lowest BCUT2D eigenvalue weighted by molar-refractivity contribution is -0.121. The van der Waals surface area contributed by atoms with Gasteiger partial charge in [-0.1, -0.05) is 12.1 Å². The third kappa shape index (κ3) is 9.98. The lowest BCUT2D eigenvalue weighted by atomic mass is 10.1. The molecule has 0 aliphatic rings. The second-order valence-electron chi connectivity index (χ2n) is 7.28. The van der Waals surface area contributed by atoms with Gasteiger partial charge < -0.3 is 20.9 Å². The van der Waals surface area contributed by atoms with Gasteiger partial charge in [0.15, 0.2) is 5.96 Å². The van der Waals surface area contributed by atoms with Gasteiger partial charge in [-0.3, -0.25) is 4.79 Å². The first-order valence-electron chi connectivity index (χ1n) is 8.96. The monoisotopic (exact) mass is 365 g/mol. The number of nitrogens with zero attached hydrogens (tertiary/aromatic N) is 2. The SMILES string of the molecule is CCNC(=NCC(=O)NC(C)(C)C)NCCN(C)Cc1ccc(F)cc1. The first-order valence-corrected chi connectivity index (χ1v) is 8.96. The van der Waals surface area contributed by atoms with Crippen LogP contribution < -0.4 is 16.0 Å². The van der Waals surface area contributed by atoms with Gasteiger partial charge in [-0.2, -0.15) is 0 Å². The van der Waals surface area contributed by atoms with E-state index >= 15 is 0 Å². The molecule has 1 aromatic carbocycles. The molecule has 0 aliphatic carbocycles. The molecule has 0 fully saturated rings. The molecule has 0 bridgehead atoms. The zero-order valence-corrected chi connectivity index (χ0v) is 16.5. The van der Waals surface area contributed by atoms with Crippen LogP contribution in [0.3, 0.4) is 0 Å². The number of carbonyl (C=O) groups is 1. The Balaban J connectivity index is 2.41. The molecule has 1 amide bonds. The van der Waals surface area contributed by atoms with E-state index in [-0.39, 0.29) is 23.8 Å². The van der Waals surface area contributed by atoms with Crippen LogP contribution >= 0.6 is 0 Å². The average molecular weight is 365 g/mol. The molecule has 1 aromatic rings. The van der Waals surface area contributed by atoms with Gasteiger partial charge in [-0.05, 0) is 52.4 Å². The summed E-state index contributed by atoms with van der Waals surface area (Å²) in [7, 11) is 2.01. The molecule has 0 radical (unpaired) electrons. The minimum Gasteiger partial charge on any atom is -0.357 e. The lowest BCUT2D eigenvalue weighted by Crippen LogP contribution is -2.44. The van der Waals surface area contributed by atoms with Crippen LogP contribution in [0.1, 0.15) is 33.3 Å². The maximum atomic E-state index is 12.9. The average Bonchev–Trinajstić information content (AvgIpc) is 2.53. The Morgan fingerprint density at radius 1 is 1.19 bits per heavy atom. The van der Waals surface area contributed by atoms with E-state index in [2.05, 4.69) is 25.8 Å². The van der Waals surface area contributed by atoms with Crippen molar-refractivity contribution in [3.05, 3.63) is 35.6 Å². The standard InChI is InChI=1S/C19H32FN5O/c1-6-21-18(23-13-17(26)24-19(2,3)4)22-11-12-25(5)14-15-7-9-16(20)10-8-15/h7-10H,6,11-14H2,1-5H3,(H,24,26)(H2,21,22,23). The Hall–Kier alpha value is -2.15. The Bertz CT molecular complexity index is 581. The number of likely N-dealkylation sites (N-methyl/N-ethyl adjacent to an activating group) is 1. The number of aliphatic imine (C=N–C) groups is 1. The fourth-order valence-corrected chi connectivity index (χ4v) is 2.30. The van der Waals surface area contributed by atoms with Crippen LogP contribution in [0.15, 0.2) is 29.3 Å². The van der Waals surface area contributed by atoms with Crippen molar-refractivity contribution in [1.82, 2.24) is 20.9 Å². The van der Waals surface area contributed by atoms with Gasteiger partial charge in [0.1, 0.15) is 12.4 Å². The summed E-state index contributed by atoms with van der Waals surface area (Å²) in [5.41, 5.74) is 0.801. The van der Waals surface area contributed by atoms with E-state index in [9.17, 15) is 9.18 Å². The van der Waals surface area contributed by atoms with Gasteiger partial charge in [0.05, 0.1) is 0 Å². The molecule has 7 heteroatoms. The Labute approximate surface area is 156 Å². The van der Waals surface area contributed by atoms with Crippen LogP contribution in [0.5, 0.6) is 0 Å². The molecule has 146 valence electrons. The minimum absolute atomic E-state index is 0.0814. The van der Waals surface area contributed by atoms with E-state index in [0.717, 1.165) is 25.2 Å². The number of amides is 1. The van der Waals surface area contributed by atoms with Gasteiger partial charge in [-0.25, -0.2) is 9.38 Å². The van der Waals surface area contributed by atoms with Gasteiger partial charge in [0.2, 0.25) is 5.91 Å². The van der Waals surface area contributed by atoms with E-state index < -0.39 is 0 Å². The molecular formula is C19H32FN5O. The van der Waals surface area contributed by atoms with Crippen LogP contribution in [-0.4, -0.2) is 55.5 Å².